The molecule has 0 heterocycles. The monoisotopic (exact) mass is 264 g/mol. The van der Waals surface area contributed by atoms with Gasteiger partial charge in [0.1, 0.15) is 0 Å². The molecule has 2 nitrogen and oxygen atoms in total. The summed E-state index contributed by atoms with van der Waals surface area (Å²) in [4.78, 5) is 11.8. The Morgan fingerprint density at radius 2 is 1.84 bits per heavy atom. The molecule has 0 saturated heterocycles. The van der Waals surface area contributed by atoms with E-state index in [1.165, 1.54) is 39.2 Å². The summed E-state index contributed by atoms with van der Waals surface area (Å²) in [6.07, 6.45) is 7.64. The van der Waals surface area contributed by atoms with Crippen molar-refractivity contribution in [2.75, 3.05) is 7.11 Å². The van der Waals surface area contributed by atoms with Gasteiger partial charge in [-0.1, -0.05) is 33.3 Å². The van der Waals surface area contributed by atoms with E-state index in [-0.39, 0.29) is 5.97 Å². The van der Waals surface area contributed by atoms with Gasteiger partial charge < -0.3 is 4.74 Å². The van der Waals surface area contributed by atoms with Crippen LogP contribution in [0.4, 0.5) is 0 Å². The Kier molecular flexibility index (Phi) is 4.70. The Labute approximate surface area is 117 Å². The molecule has 0 aromatic heterocycles. The molecular formula is C17H28O2. The third-order valence-electron chi connectivity index (χ3n) is 5.53. The first kappa shape index (κ1) is 14.6. The normalized spacial score (nSPS) is 39.0. The maximum Gasteiger partial charge on any atom is 0.333 e. The maximum atomic E-state index is 11.8. The van der Waals surface area contributed by atoms with E-state index in [0.717, 1.165) is 29.7 Å². The van der Waals surface area contributed by atoms with Gasteiger partial charge in [0.15, 0.2) is 0 Å². The van der Waals surface area contributed by atoms with Gasteiger partial charge in [-0.05, 0) is 55.3 Å². The van der Waals surface area contributed by atoms with Crippen LogP contribution in [0.3, 0.4) is 0 Å². The number of fused-ring (bicyclic) bond motifs is 1. The topological polar surface area (TPSA) is 26.3 Å². The molecule has 0 amide bonds. The molecule has 0 aromatic rings. The summed E-state index contributed by atoms with van der Waals surface area (Å²) in [5, 5.41) is 0. The molecule has 0 aromatic carbocycles. The van der Waals surface area contributed by atoms with Crippen molar-refractivity contribution in [3.8, 4) is 0 Å². The van der Waals surface area contributed by atoms with E-state index in [2.05, 4.69) is 20.4 Å². The van der Waals surface area contributed by atoms with Crippen LogP contribution in [0.25, 0.3) is 0 Å². The summed E-state index contributed by atoms with van der Waals surface area (Å²) in [6, 6.07) is 0. The van der Waals surface area contributed by atoms with E-state index in [4.69, 9.17) is 4.74 Å². The van der Waals surface area contributed by atoms with E-state index >= 15 is 0 Å². The SMILES string of the molecule is C=C(C(=O)OC)C1CC[C@@H](C)[C@@H]2CCCC(C)C[C@H]12. The molecule has 2 unspecified atom stereocenters. The van der Waals surface area contributed by atoms with Gasteiger partial charge in [-0.3, -0.25) is 0 Å². The maximum absolute atomic E-state index is 11.8. The average molecular weight is 264 g/mol. The first-order valence-corrected chi connectivity index (χ1v) is 7.81. The fourth-order valence-corrected chi connectivity index (χ4v) is 4.43. The van der Waals surface area contributed by atoms with Gasteiger partial charge in [0.25, 0.3) is 0 Å². The second-order valence-corrected chi connectivity index (χ2v) is 6.78. The Balaban J connectivity index is 2.19. The zero-order chi connectivity index (χ0) is 14.0. The van der Waals surface area contributed by atoms with Crippen LogP contribution >= 0.6 is 0 Å². The average Bonchev–Trinajstić information content (AvgIpc) is 2.59. The zero-order valence-corrected chi connectivity index (χ0v) is 12.7. The minimum absolute atomic E-state index is 0.199. The largest absolute Gasteiger partial charge is 0.466 e. The predicted molar refractivity (Wildman–Crippen MR) is 77.7 cm³/mol. The van der Waals surface area contributed by atoms with Gasteiger partial charge in [0, 0.05) is 5.57 Å². The van der Waals surface area contributed by atoms with Crippen molar-refractivity contribution < 1.29 is 9.53 Å². The Hall–Kier alpha value is -0.790. The third kappa shape index (κ3) is 3.04. The molecule has 0 N–H and O–H groups in total. The number of carbonyl (C=O) groups is 1. The molecule has 0 radical (unpaired) electrons. The number of hydrogen-bond acceptors (Lipinski definition) is 2. The first-order valence-electron chi connectivity index (χ1n) is 7.81. The van der Waals surface area contributed by atoms with Gasteiger partial charge in [0.05, 0.1) is 7.11 Å². The van der Waals surface area contributed by atoms with E-state index in [9.17, 15) is 4.79 Å². The van der Waals surface area contributed by atoms with Crippen LogP contribution in [0.15, 0.2) is 12.2 Å². The lowest BCUT2D eigenvalue weighted by Gasteiger charge is -2.42. The van der Waals surface area contributed by atoms with E-state index in [0.29, 0.717) is 11.8 Å². The molecule has 2 rings (SSSR count). The van der Waals surface area contributed by atoms with Crippen molar-refractivity contribution in [3.05, 3.63) is 12.2 Å². The standard InChI is InChI=1S/C17H28O2/c1-11-6-5-7-14-12(2)8-9-15(16(14)10-11)13(3)17(18)19-4/h11-12,14-16H,3,5-10H2,1-2,4H3/t11?,12-,14+,15?,16+/m1/s1. The van der Waals surface area contributed by atoms with Crippen LogP contribution in [0.1, 0.15) is 52.4 Å². The highest BCUT2D eigenvalue weighted by Gasteiger charge is 2.41. The van der Waals surface area contributed by atoms with Crippen LogP contribution in [0, 0.1) is 29.6 Å². The highest BCUT2D eigenvalue weighted by molar-refractivity contribution is 5.88. The molecule has 19 heavy (non-hydrogen) atoms. The predicted octanol–water partition coefficient (Wildman–Crippen LogP) is 4.20. The Morgan fingerprint density at radius 1 is 1.11 bits per heavy atom. The van der Waals surface area contributed by atoms with Crippen molar-refractivity contribution in [3.63, 3.8) is 0 Å². The lowest BCUT2D eigenvalue weighted by Crippen LogP contribution is -2.36. The molecule has 2 aliphatic carbocycles. The van der Waals surface area contributed by atoms with Crippen molar-refractivity contribution in [1.82, 2.24) is 0 Å². The second kappa shape index (κ2) is 6.11. The van der Waals surface area contributed by atoms with Gasteiger partial charge in [0.2, 0.25) is 0 Å². The summed E-state index contributed by atoms with van der Waals surface area (Å²) in [7, 11) is 1.46. The van der Waals surface area contributed by atoms with Crippen LogP contribution in [-0.2, 0) is 9.53 Å². The van der Waals surface area contributed by atoms with Crippen molar-refractivity contribution in [1.29, 1.82) is 0 Å². The lowest BCUT2D eigenvalue weighted by molar-refractivity contribution is -0.137. The van der Waals surface area contributed by atoms with Gasteiger partial charge in [-0.25, -0.2) is 4.79 Å². The number of hydrogen-bond donors (Lipinski definition) is 0. The van der Waals surface area contributed by atoms with Crippen molar-refractivity contribution in [2.24, 2.45) is 29.6 Å². The number of methoxy groups -OCH3 is 1. The van der Waals surface area contributed by atoms with Gasteiger partial charge >= 0.3 is 5.97 Å². The highest BCUT2D eigenvalue weighted by atomic mass is 16.5. The van der Waals surface area contributed by atoms with E-state index in [1.807, 2.05) is 0 Å². The molecule has 5 atom stereocenters. The molecule has 0 spiro atoms. The molecule has 2 aliphatic rings. The van der Waals surface area contributed by atoms with Crippen LogP contribution in [-0.4, -0.2) is 13.1 Å². The number of ether oxygens (including phenoxy) is 1. The molecular weight excluding hydrogens is 236 g/mol. The first-order chi connectivity index (χ1) is 9.04. The smallest absolute Gasteiger partial charge is 0.333 e. The quantitative estimate of drug-likeness (QED) is 0.552. The summed E-state index contributed by atoms with van der Waals surface area (Å²) >= 11 is 0. The summed E-state index contributed by atoms with van der Waals surface area (Å²) in [5.41, 5.74) is 0.721. The van der Waals surface area contributed by atoms with Crippen molar-refractivity contribution >= 4 is 5.97 Å². The summed E-state index contributed by atoms with van der Waals surface area (Å²) in [5.74, 6) is 3.17. The minimum Gasteiger partial charge on any atom is -0.466 e. The van der Waals surface area contributed by atoms with Crippen LogP contribution < -0.4 is 0 Å². The second-order valence-electron chi connectivity index (χ2n) is 6.78. The van der Waals surface area contributed by atoms with Crippen LogP contribution in [0.5, 0.6) is 0 Å². The summed E-state index contributed by atoms with van der Waals surface area (Å²) < 4.78 is 4.89. The molecule has 2 saturated carbocycles. The molecule has 0 aliphatic heterocycles. The third-order valence-corrected chi connectivity index (χ3v) is 5.53. The fourth-order valence-electron chi connectivity index (χ4n) is 4.43. The Bertz CT molecular complexity index is 347. The van der Waals surface area contributed by atoms with Crippen LogP contribution in [0.2, 0.25) is 0 Å². The minimum atomic E-state index is -0.199. The number of carbonyl (C=O) groups excluding carboxylic acids is 1. The van der Waals surface area contributed by atoms with Gasteiger partial charge in [-0.2, -0.15) is 0 Å². The molecule has 2 heteroatoms. The highest BCUT2D eigenvalue weighted by Crippen LogP contribution is 2.49. The fraction of sp³-hybridized carbons (Fsp3) is 0.824. The summed E-state index contributed by atoms with van der Waals surface area (Å²) in [6.45, 7) is 8.80. The van der Waals surface area contributed by atoms with E-state index < -0.39 is 0 Å². The lowest BCUT2D eigenvalue weighted by atomic mass is 9.63. The molecule has 0 bridgehead atoms. The zero-order valence-electron chi connectivity index (χ0n) is 12.7. The number of esters is 1. The van der Waals surface area contributed by atoms with Gasteiger partial charge in [-0.15, -0.1) is 0 Å². The molecule has 108 valence electrons. The molecule has 2 fully saturated rings. The van der Waals surface area contributed by atoms with Crippen molar-refractivity contribution in [2.45, 2.75) is 52.4 Å². The van der Waals surface area contributed by atoms with E-state index in [1.54, 1.807) is 0 Å². The number of rotatable bonds is 2. The Morgan fingerprint density at radius 3 is 2.53 bits per heavy atom.